The molecule has 0 radical (unpaired) electrons. The van der Waals surface area contributed by atoms with Crippen molar-refractivity contribution in [2.24, 2.45) is 0 Å². The Morgan fingerprint density at radius 2 is 2.41 bits per heavy atom. The van der Waals surface area contributed by atoms with Crippen LogP contribution in [0.15, 0.2) is 5.16 Å². The van der Waals surface area contributed by atoms with E-state index in [0.29, 0.717) is 10.4 Å². The van der Waals surface area contributed by atoms with E-state index in [-0.39, 0.29) is 5.75 Å². The number of aromatic nitrogens is 3. The summed E-state index contributed by atoms with van der Waals surface area (Å²) in [6, 6.07) is 0. The molecule has 94 valence electrons. The highest BCUT2D eigenvalue weighted by Gasteiger charge is 2.23. The van der Waals surface area contributed by atoms with E-state index in [9.17, 15) is 4.79 Å². The van der Waals surface area contributed by atoms with Crippen molar-refractivity contribution in [3.05, 3.63) is 5.82 Å². The molecule has 1 unspecified atom stereocenters. The largest absolute Gasteiger partial charge is 0.481 e. The molecule has 1 aromatic rings. The van der Waals surface area contributed by atoms with Crippen molar-refractivity contribution in [1.29, 1.82) is 0 Å². The number of aliphatic carboxylic acids is 1. The van der Waals surface area contributed by atoms with Gasteiger partial charge in [-0.1, -0.05) is 18.2 Å². The van der Waals surface area contributed by atoms with Crippen molar-refractivity contribution < 1.29 is 9.90 Å². The van der Waals surface area contributed by atoms with Crippen molar-refractivity contribution in [1.82, 2.24) is 14.9 Å². The van der Waals surface area contributed by atoms with Crippen molar-refractivity contribution in [2.75, 3.05) is 17.3 Å². The predicted molar refractivity (Wildman–Crippen MR) is 67.6 cm³/mol. The standard InChI is InChI=1S/C9H14N4O2S2/c10-13-8(6-3-1-2-4-16-6)11-12-9(13)17-5-7(14)15/h6H,1-5,10H2,(H,14,15). The Hall–Kier alpha value is -0.890. The van der Waals surface area contributed by atoms with E-state index >= 15 is 0 Å². The van der Waals surface area contributed by atoms with Gasteiger partial charge in [0.15, 0.2) is 5.82 Å². The fourth-order valence-corrected chi connectivity index (χ4v) is 3.56. The number of carboxylic acid groups (broad SMARTS) is 1. The van der Waals surface area contributed by atoms with Gasteiger partial charge >= 0.3 is 5.97 Å². The summed E-state index contributed by atoms with van der Waals surface area (Å²) < 4.78 is 1.43. The molecule has 0 saturated carbocycles. The number of thioether (sulfide) groups is 2. The third-order valence-electron chi connectivity index (χ3n) is 2.48. The lowest BCUT2D eigenvalue weighted by Gasteiger charge is -2.19. The van der Waals surface area contributed by atoms with Gasteiger partial charge in [0, 0.05) is 0 Å². The van der Waals surface area contributed by atoms with Crippen LogP contribution in [0.5, 0.6) is 0 Å². The number of nitrogens with zero attached hydrogens (tertiary/aromatic N) is 3. The first-order chi connectivity index (χ1) is 8.18. The number of carboxylic acids is 1. The number of nitrogen functional groups attached to an aromatic ring is 1. The summed E-state index contributed by atoms with van der Waals surface area (Å²) in [5.41, 5.74) is 0. The van der Waals surface area contributed by atoms with Gasteiger partial charge in [0.05, 0.1) is 11.0 Å². The van der Waals surface area contributed by atoms with Gasteiger partial charge in [-0.05, 0) is 18.6 Å². The van der Waals surface area contributed by atoms with Crippen molar-refractivity contribution in [3.8, 4) is 0 Å². The van der Waals surface area contributed by atoms with Crippen molar-refractivity contribution in [3.63, 3.8) is 0 Å². The smallest absolute Gasteiger partial charge is 0.313 e. The molecule has 17 heavy (non-hydrogen) atoms. The maximum absolute atomic E-state index is 10.5. The Morgan fingerprint density at radius 3 is 3.06 bits per heavy atom. The van der Waals surface area contributed by atoms with Crippen LogP contribution in [0.4, 0.5) is 0 Å². The quantitative estimate of drug-likeness (QED) is 0.627. The molecule has 1 fully saturated rings. The molecule has 1 saturated heterocycles. The Kier molecular flexibility index (Phi) is 4.16. The van der Waals surface area contributed by atoms with Gasteiger partial charge in [0.25, 0.3) is 0 Å². The summed E-state index contributed by atoms with van der Waals surface area (Å²) in [5, 5.41) is 17.4. The first kappa shape index (κ1) is 12.6. The molecule has 0 aromatic carbocycles. The van der Waals surface area contributed by atoms with Crippen LogP contribution in [-0.2, 0) is 4.79 Å². The molecule has 0 aliphatic carbocycles. The minimum Gasteiger partial charge on any atom is -0.481 e. The van der Waals surface area contributed by atoms with Crippen LogP contribution in [0.2, 0.25) is 0 Å². The number of nitrogens with two attached hydrogens (primary N) is 1. The molecule has 6 nitrogen and oxygen atoms in total. The molecule has 2 rings (SSSR count). The lowest BCUT2D eigenvalue weighted by atomic mass is 10.2. The van der Waals surface area contributed by atoms with Gasteiger partial charge in [0.1, 0.15) is 0 Å². The van der Waals surface area contributed by atoms with E-state index in [2.05, 4.69) is 10.2 Å². The highest BCUT2D eigenvalue weighted by atomic mass is 32.2. The fourth-order valence-electron chi connectivity index (χ4n) is 1.68. The second-order valence-corrected chi connectivity index (χ2v) is 6.00. The third kappa shape index (κ3) is 3.06. The number of hydrogen-bond acceptors (Lipinski definition) is 6. The van der Waals surface area contributed by atoms with Crippen LogP contribution in [-0.4, -0.2) is 37.5 Å². The zero-order valence-corrected chi connectivity index (χ0v) is 10.8. The summed E-state index contributed by atoms with van der Waals surface area (Å²) in [5.74, 6) is 6.83. The normalized spacial score (nSPS) is 20.4. The molecule has 1 atom stereocenters. The Bertz CT molecular complexity index is 404. The monoisotopic (exact) mass is 274 g/mol. The first-order valence-electron chi connectivity index (χ1n) is 5.35. The summed E-state index contributed by atoms with van der Waals surface area (Å²) in [7, 11) is 0. The second kappa shape index (κ2) is 5.63. The van der Waals surface area contributed by atoms with E-state index in [0.717, 1.165) is 29.8 Å². The highest BCUT2D eigenvalue weighted by molar-refractivity contribution is 8.00. The Labute approximate surface area is 107 Å². The summed E-state index contributed by atoms with van der Waals surface area (Å²) >= 11 is 2.93. The minimum absolute atomic E-state index is 0.0485. The predicted octanol–water partition coefficient (Wildman–Crippen LogP) is 1.13. The average molecular weight is 274 g/mol. The maximum atomic E-state index is 10.5. The molecule has 0 spiro atoms. The van der Waals surface area contributed by atoms with Crippen LogP contribution in [0.3, 0.4) is 0 Å². The van der Waals surface area contributed by atoms with Crippen LogP contribution >= 0.6 is 23.5 Å². The van der Waals surface area contributed by atoms with Gasteiger partial charge in [-0.25, -0.2) is 4.68 Å². The Morgan fingerprint density at radius 1 is 1.59 bits per heavy atom. The molecular formula is C9H14N4O2S2. The summed E-state index contributed by atoms with van der Waals surface area (Å²) in [6.45, 7) is 0. The van der Waals surface area contributed by atoms with Gasteiger partial charge < -0.3 is 10.9 Å². The molecule has 3 N–H and O–H groups in total. The van der Waals surface area contributed by atoms with Gasteiger partial charge in [-0.15, -0.1) is 10.2 Å². The molecule has 1 aliphatic rings. The first-order valence-corrected chi connectivity index (χ1v) is 7.38. The van der Waals surface area contributed by atoms with Crippen LogP contribution < -0.4 is 5.84 Å². The molecule has 0 amide bonds. The van der Waals surface area contributed by atoms with E-state index in [1.165, 1.54) is 17.5 Å². The third-order valence-corrected chi connectivity index (χ3v) is 4.78. The molecule has 0 bridgehead atoms. The van der Waals surface area contributed by atoms with Crippen LogP contribution in [0, 0.1) is 0 Å². The van der Waals surface area contributed by atoms with E-state index in [1.807, 2.05) is 11.8 Å². The van der Waals surface area contributed by atoms with Gasteiger partial charge in [0.2, 0.25) is 5.16 Å². The number of hydrogen-bond donors (Lipinski definition) is 2. The zero-order valence-electron chi connectivity index (χ0n) is 9.20. The molecule has 1 aliphatic heterocycles. The SMILES string of the molecule is Nn1c(SCC(=O)O)nnc1C1CCCCS1. The zero-order chi connectivity index (χ0) is 12.3. The molecule has 1 aromatic heterocycles. The highest BCUT2D eigenvalue weighted by Crippen LogP contribution is 2.37. The fraction of sp³-hybridized carbons (Fsp3) is 0.667. The van der Waals surface area contributed by atoms with Crippen LogP contribution in [0.25, 0.3) is 0 Å². The minimum atomic E-state index is -0.883. The van der Waals surface area contributed by atoms with E-state index < -0.39 is 5.97 Å². The topological polar surface area (TPSA) is 94.0 Å². The van der Waals surface area contributed by atoms with E-state index in [1.54, 1.807) is 0 Å². The molecule has 8 heteroatoms. The molecular weight excluding hydrogens is 260 g/mol. The summed E-state index contributed by atoms with van der Waals surface area (Å²) in [4.78, 5) is 10.5. The van der Waals surface area contributed by atoms with Crippen molar-refractivity contribution in [2.45, 2.75) is 29.7 Å². The van der Waals surface area contributed by atoms with E-state index in [4.69, 9.17) is 10.9 Å². The van der Waals surface area contributed by atoms with Crippen LogP contribution in [0.1, 0.15) is 30.3 Å². The average Bonchev–Trinajstić information content (AvgIpc) is 2.69. The second-order valence-electron chi connectivity index (χ2n) is 3.75. The van der Waals surface area contributed by atoms with Gasteiger partial charge in [-0.2, -0.15) is 11.8 Å². The van der Waals surface area contributed by atoms with Crippen molar-refractivity contribution >= 4 is 29.5 Å². The summed E-state index contributed by atoms with van der Waals surface area (Å²) in [6.07, 6.45) is 3.48. The molecule has 2 heterocycles. The lowest BCUT2D eigenvalue weighted by Crippen LogP contribution is -2.17. The Balaban J connectivity index is 2.05. The van der Waals surface area contributed by atoms with Gasteiger partial charge in [-0.3, -0.25) is 4.79 Å². The number of rotatable bonds is 4. The number of carbonyl (C=O) groups is 1. The maximum Gasteiger partial charge on any atom is 0.313 e. The lowest BCUT2D eigenvalue weighted by molar-refractivity contribution is -0.133.